The molecule has 2 aromatic rings. The van der Waals surface area contributed by atoms with Crippen LogP contribution in [0.5, 0.6) is 0 Å². The van der Waals surface area contributed by atoms with E-state index in [9.17, 15) is 9.59 Å². The Kier molecular flexibility index (Phi) is 6.68. The monoisotopic (exact) mass is 389 g/mol. The second-order valence-corrected chi connectivity index (χ2v) is 8.37. The van der Waals surface area contributed by atoms with E-state index in [-0.39, 0.29) is 11.8 Å². The molecular formula is C19H23N3O2S2. The van der Waals surface area contributed by atoms with Gasteiger partial charge in [0, 0.05) is 48.4 Å². The van der Waals surface area contributed by atoms with Crippen molar-refractivity contribution in [3.05, 3.63) is 46.5 Å². The first-order valence-electron chi connectivity index (χ1n) is 8.82. The first-order valence-corrected chi connectivity index (χ1v) is 10.7. The maximum atomic E-state index is 12.5. The van der Waals surface area contributed by atoms with E-state index in [2.05, 4.69) is 10.3 Å². The van der Waals surface area contributed by atoms with Crippen LogP contribution in [-0.2, 0) is 10.5 Å². The maximum Gasteiger partial charge on any atom is 0.251 e. The molecule has 0 atom stereocenters. The van der Waals surface area contributed by atoms with Gasteiger partial charge in [0.15, 0.2) is 0 Å². The van der Waals surface area contributed by atoms with Crippen molar-refractivity contribution in [3.8, 4) is 0 Å². The van der Waals surface area contributed by atoms with E-state index in [0.29, 0.717) is 24.3 Å². The molecule has 1 aromatic carbocycles. The van der Waals surface area contributed by atoms with Gasteiger partial charge in [-0.2, -0.15) is 0 Å². The topological polar surface area (TPSA) is 62.3 Å². The Morgan fingerprint density at radius 3 is 2.77 bits per heavy atom. The van der Waals surface area contributed by atoms with E-state index in [1.54, 1.807) is 23.1 Å². The molecule has 7 heteroatoms. The minimum atomic E-state index is -0.120. The highest BCUT2D eigenvalue weighted by molar-refractivity contribution is 8.00. The summed E-state index contributed by atoms with van der Waals surface area (Å²) in [5.74, 6) is 0.708. The summed E-state index contributed by atoms with van der Waals surface area (Å²) in [5.41, 5.74) is 2.67. The number of carbonyl (C=O) groups is 2. The zero-order valence-corrected chi connectivity index (χ0v) is 16.5. The molecule has 26 heavy (non-hydrogen) atoms. The minimum Gasteiger partial charge on any atom is -0.352 e. The fourth-order valence-electron chi connectivity index (χ4n) is 2.91. The number of thiazole rings is 1. The van der Waals surface area contributed by atoms with E-state index >= 15 is 0 Å². The third kappa shape index (κ3) is 5.08. The first kappa shape index (κ1) is 18.9. The molecule has 3 rings (SSSR count). The van der Waals surface area contributed by atoms with E-state index in [1.807, 2.05) is 41.5 Å². The number of carbonyl (C=O) groups excluding carboxylic acids is 2. The lowest BCUT2D eigenvalue weighted by atomic mass is 10.1. The van der Waals surface area contributed by atoms with Crippen LogP contribution in [0.3, 0.4) is 0 Å². The van der Waals surface area contributed by atoms with Crippen LogP contribution in [-0.4, -0.2) is 41.3 Å². The van der Waals surface area contributed by atoms with Gasteiger partial charge in [0.2, 0.25) is 5.91 Å². The predicted octanol–water partition coefficient (Wildman–Crippen LogP) is 3.49. The molecule has 0 unspecified atom stereocenters. The molecule has 2 amide bonds. The molecule has 1 saturated heterocycles. The summed E-state index contributed by atoms with van der Waals surface area (Å²) in [6, 6.07) is 7.61. The van der Waals surface area contributed by atoms with Gasteiger partial charge in [-0.3, -0.25) is 9.59 Å². The van der Waals surface area contributed by atoms with Crippen molar-refractivity contribution in [1.82, 2.24) is 15.2 Å². The van der Waals surface area contributed by atoms with Crippen molar-refractivity contribution in [1.29, 1.82) is 0 Å². The number of thioether (sulfide) groups is 1. The second-order valence-electron chi connectivity index (χ2n) is 6.29. The van der Waals surface area contributed by atoms with Gasteiger partial charge in [-0.1, -0.05) is 30.0 Å². The van der Waals surface area contributed by atoms with E-state index < -0.39 is 0 Å². The van der Waals surface area contributed by atoms with Crippen LogP contribution in [0.15, 0.2) is 34.0 Å². The summed E-state index contributed by atoms with van der Waals surface area (Å²) in [7, 11) is 0. The number of benzene rings is 1. The summed E-state index contributed by atoms with van der Waals surface area (Å²) < 4.78 is 1.01. The molecule has 2 heterocycles. The van der Waals surface area contributed by atoms with Crippen molar-refractivity contribution in [2.75, 3.05) is 19.6 Å². The van der Waals surface area contributed by atoms with Crippen LogP contribution < -0.4 is 5.32 Å². The normalized spacial score (nSPS) is 13.8. The Balaban J connectivity index is 1.52. The Hall–Kier alpha value is -1.86. The molecule has 1 aliphatic heterocycles. The number of rotatable bonds is 7. The third-order valence-corrected chi connectivity index (χ3v) is 6.48. The zero-order valence-electron chi connectivity index (χ0n) is 14.9. The molecule has 0 bridgehead atoms. The molecule has 0 radical (unpaired) electrons. The minimum absolute atomic E-state index is 0.120. The number of likely N-dealkylation sites (tertiary alicyclic amines) is 1. The highest BCUT2D eigenvalue weighted by atomic mass is 32.2. The number of aromatic nitrogens is 1. The van der Waals surface area contributed by atoms with E-state index in [1.165, 1.54) is 0 Å². The van der Waals surface area contributed by atoms with Crippen LogP contribution in [0.4, 0.5) is 0 Å². The molecule has 1 aromatic heterocycles. The smallest absolute Gasteiger partial charge is 0.251 e. The molecule has 0 saturated carbocycles. The molecule has 1 fully saturated rings. The Labute approximate surface area is 162 Å². The third-order valence-electron chi connectivity index (χ3n) is 4.29. The number of nitrogens with zero attached hydrogens (tertiary/aromatic N) is 2. The molecule has 1 aliphatic rings. The fourth-order valence-corrected chi connectivity index (χ4v) is 4.76. The van der Waals surface area contributed by atoms with Crippen molar-refractivity contribution in [2.24, 2.45) is 0 Å². The van der Waals surface area contributed by atoms with Gasteiger partial charge in [0.1, 0.15) is 4.34 Å². The van der Waals surface area contributed by atoms with Crippen LogP contribution in [0.1, 0.15) is 40.9 Å². The van der Waals surface area contributed by atoms with Gasteiger partial charge in [-0.25, -0.2) is 4.98 Å². The Morgan fingerprint density at radius 2 is 2.04 bits per heavy atom. The number of hydrogen-bond donors (Lipinski definition) is 1. The highest BCUT2D eigenvalue weighted by Gasteiger charge is 2.18. The Morgan fingerprint density at radius 1 is 1.27 bits per heavy atom. The molecule has 0 spiro atoms. The summed E-state index contributed by atoms with van der Waals surface area (Å²) in [6.45, 7) is 4.05. The van der Waals surface area contributed by atoms with E-state index in [0.717, 1.165) is 41.5 Å². The summed E-state index contributed by atoms with van der Waals surface area (Å²) >= 11 is 3.26. The number of nitrogens with one attached hydrogen (secondary N) is 1. The number of amides is 2. The van der Waals surface area contributed by atoms with Gasteiger partial charge in [-0.15, -0.1) is 11.3 Å². The molecule has 5 nitrogen and oxygen atoms in total. The van der Waals surface area contributed by atoms with Crippen molar-refractivity contribution in [3.63, 3.8) is 0 Å². The molecule has 0 aliphatic carbocycles. The summed E-state index contributed by atoms with van der Waals surface area (Å²) in [4.78, 5) is 30.9. The SMILES string of the molecule is Cc1csc(SCc2ccccc2C(=O)NCCC(=O)N2CCCC2)n1. The van der Waals surface area contributed by atoms with Crippen molar-refractivity contribution < 1.29 is 9.59 Å². The highest BCUT2D eigenvalue weighted by Crippen LogP contribution is 2.27. The average Bonchev–Trinajstić information content (AvgIpc) is 3.32. The van der Waals surface area contributed by atoms with Gasteiger partial charge in [0.05, 0.1) is 0 Å². The predicted molar refractivity (Wildman–Crippen MR) is 106 cm³/mol. The lowest BCUT2D eigenvalue weighted by Crippen LogP contribution is -2.33. The lowest BCUT2D eigenvalue weighted by molar-refractivity contribution is -0.129. The number of hydrogen-bond acceptors (Lipinski definition) is 5. The lowest BCUT2D eigenvalue weighted by Gasteiger charge is -2.15. The fraction of sp³-hybridized carbons (Fsp3) is 0.421. The van der Waals surface area contributed by atoms with Crippen molar-refractivity contribution in [2.45, 2.75) is 36.3 Å². The largest absolute Gasteiger partial charge is 0.352 e. The zero-order chi connectivity index (χ0) is 18.4. The average molecular weight is 390 g/mol. The van der Waals surface area contributed by atoms with Crippen LogP contribution >= 0.6 is 23.1 Å². The van der Waals surface area contributed by atoms with Gasteiger partial charge >= 0.3 is 0 Å². The number of aryl methyl sites for hydroxylation is 1. The molecule has 1 N–H and O–H groups in total. The summed E-state index contributed by atoms with van der Waals surface area (Å²) in [5, 5.41) is 4.91. The Bertz CT molecular complexity index is 770. The van der Waals surface area contributed by atoms with E-state index in [4.69, 9.17) is 0 Å². The molecular weight excluding hydrogens is 366 g/mol. The van der Waals surface area contributed by atoms with Crippen LogP contribution in [0.25, 0.3) is 0 Å². The quantitative estimate of drug-likeness (QED) is 0.737. The van der Waals surface area contributed by atoms with Gasteiger partial charge in [0.25, 0.3) is 5.91 Å². The van der Waals surface area contributed by atoms with Gasteiger partial charge < -0.3 is 10.2 Å². The second kappa shape index (κ2) is 9.19. The molecule has 138 valence electrons. The van der Waals surface area contributed by atoms with Gasteiger partial charge in [-0.05, 0) is 31.4 Å². The summed E-state index contributed by atoms with van der Waals surface area (Å²) in [6.07, 6.45) is 2.53. The van der Waals surface area contributed by atoms with Crippen LogP contribution in [0.2, 0.25) is 0 Å². The standard InChI is InChI=1S/C19H23N3O2S2/c1-14-12-25-19(21-14)26-13-15-6-2-3-7-16(15)18(24)20-9-8-17(23)22-10-4-5-11-22/h2-3,6-7,12H,4-5,8-11,13H2,1H3,(H,20,24). The maximum absolute atomic E-state index is 12.5. The van der Waals surface area contributed by atoms with Crippen molar-refractivity contribution >= 4 is 34.9 Å². The first-order chi connectivity index (χ1) is 12.6. The van der Waals surface area contributed by atoms with Crippen LogP contribution in [0, 0.1) is 6.92 Å².